The van der Waals surface area contributed by atoms with Gasteiger partial charge in [-0.25, -0.2) is 9.18 Å². The van der Waals surface area contributed by atoms with E-state index in [1.807, 2.05) is 6.07 Å². The van der Waals surface area contributed by atoms with Crippen molar-refractivity contribution in [2.45, 2.75) is 31.9 Å². The zero-order valence-corrected chi connectivity index (χ0v) is 16.6. The molecular formula is C23H22FN3O3. The quantitative estimate of drug-likeness (QED) is 0.751. The molecule has 1 atom stereocenters. The molecule has 0 saturated carbocycles. The minimum absolute atomic E-state index is 0.166. The molecule has 1 aliphatic carbocycles. The number of allylic oxidation sites excluding steroid dienone is 3. The second-order valence-corrected chi connectivity index (χ2v) is 7.44. The number of hydrogen-bond donors (Lipinski definition) is 2. The summed E-state index contributed by atoms with van der Waals surface area (Å²) >= 11 is 0. The van der Waals surface area contributed by atoms with Gasteiger partial charge in [-0.1, -0.05) is 30.0 Å². The summed E-state index contributed by atoms with van der Waals surface area (Å²) in [5, 5.41) is 20.0. The smallest absolute Gasteiger partial charge is 0.408 e. The summed E-state index contributed by atoms with van der Waals surface area (Å²) in [4.78, 5) is 25.4. The molecule has 1 unspecified atom stereocenters. The zero-order valence-electron chi connectivity index (χ0n) is 16.6. The van der Waals surface area contributed by atoms with Gasteiger partial charge in [0, 0.05) is 38.0 Å². The van der Waals surface area contributed by atoms with Crippen molar-refractivity contribution in [1.82, 2.24) is 10.2 Å². The van der Waals surface area contributed by atoms with E-state index < -0.39 is 17.7 Å². The van der Waals surface area contributed by atoms with Gasteiger partial charge >= 0.3 is 6.09 Å². The van der Waals surface area contributed by atoms with Crippen molar-refractivity contribution in [3.05, 3.63) is 58.8 Å². The average molecular weight is 407 g/mol. The number of likely N-dealkylation sites (tertiary alicyclic amines) is 1. The SMILES string of the molecule is C/C1=C/C=C(/NC(=O)O)CC#CC1C(=O)N1CCC(F)(c2ccc(C#N)cc2)CC1. The number of amides is 2. The molecule has 1 aliphatic heterocycles. The van der Waals surface area contributed by atoms with E-state index in [9.17, 15) is 9.59 Å². The van der Waals surface area contributed by atoms with E-state index in [4.69, 9.17) is 10.4 Å². The van der Waals surface area contributed by atoms with Gasteiger partial charge in [0.15, 0.2) is 0 Å². The minimum Gasteiger partial charge on any atom is -0.465 e. The first-order valence-corrected chi connectivity index (χ1v) is 9.66. The van der Waals surface area contributed by atoms with E-state index in [2.05, 4.69) is 17.2 Å². The highest BCUT2D eigenvalue weighted by Crippen LogP contribution is 2.37. The summed E-state index contributed by atoms with van der Waals surface area (Å²) in [5.41, 5.74) is 0.640. The van der Waals surface area contributed by atoms with E-state index in [0.717, 1.165) is 0 Å². The first-order chi connectivity index (χ1) is 14.3. The van der Waals surface area contributed by atoms with Crippen LogP contribution in [-0.4, -0.2) is 35.1 Å². The van der Waals surface area contributed by atoms with Crippen molar-refractivity contribution in [3.63, 3.8) is 0 Å². The number of halogens is 1. The van der Waals surface area contributed by atoms with Gasteiger partial charge in [-0.15, -0.1) is 0 Å². The number of rotatable bonds is 3. The van der Waals surface area contributed by atoms with Crippen molar-refractivity contribution >= 4 is 12.0 Å². The number of alkyl halides is 1. The number of piperidine rings is 1. The van der Waals surface area contributed by atoms with Crippen LogP contribution in [0.4, 0.5) is 9.18 Å². The fourth-order valence-electron chi connectivity index (χ4n) is 3.63. The molecule has 2 amide bonds. The minimum atomic E-state index is -1.53. The maximum atomic E-state index is 15.4. The molecule has 1 fully saturated rings. The van der Waals surface area contributed by atoms with Gasteiger partial charge in [0.25, 0.3) is 0 Å². The lowest BCUT2D eigenvalue weighted by molar-refractivity contribution is -0.135. The second-order valence-electron chi connectivity index (χ2n) is 7.44. The van der Waals surface area contributed by atoms with Crippen LogP contribution in [0.15, 0.2) is 47.7 Å². The Hall–Kier alpha value is -3.58. The number of nitriles is 1. The predicted molar refractivity (Wildman–Crippen MR) is 109 cm³/mol. The zero-order chi connectivity index (χ0) is 21.7. The van der Waals surface area contributed by atoms with Crippen LogP contribution in [0.25, 0.3) is 0 Å². The monoisotopic (exact) mass is 407 g/mol. The summed E-state index contributed by atoms with van der Waals surface area (Å²) in [6, 6.07) is 8.51. The van der Waals surface area contributed by atoms with Crippen LogP contribution in [0, 0.1) is 29.1 Å². The number of hydrogen-bond acceptors (Lipinski definition) is 3. The summed E-state index contributed by atoms with van der Waals surface area (Å²) in [7, 11) is 0. The number of carbonyl (C=O) groups is 2. The highest BCUT2D eigenvalue weighted by atomic mass is 19.1. The van der Waals surface area contributed by atoms with Gasteiger partial charge in [-0.3, -0.25) is 10.1 Å². The second kappa shape index (κ2) is 8.84. The molecule has 1 saturated heterocycles. The van der Waals surface area contributed by atoms with Crippen LogP contribution in [0.3, 0.4) is 0 Å². The molecule has 1 heterocycles. The van der Waals surface area contributed by atoms with Gasteiger partial charge in [0.05, 0.1) is 11.6 Å². The summed E-state index contributed by atoms with van der Waals surface area (Å²) < 4.78 is 15.4. The van der Waals surface area contributed by atoms with Crippen LogP contribution in [0.2, 0.25) is 0 Å². The Bertz CT molecular complexity index is 1000. The molecule has 30 heavy (non-hydrogen) atoms. The Labute approximate surface area is 174 Å². The topological polar surface area (TPSA) is 93.4 Å². The van der Waals surface area contributed by atoms with Crippen molar-refractivity contribution < 1.29 is 19.1 Å². The van der Waals surface area contributed by atoms with E-state index in [1.54, 1.807) is 48.2 Å². The molecule has 1 aromatic rings. The van der Waals surface area contributed by atoms with Crippen LogP contribution >= 0.6 is 0 Å². The van der Waals surface area contributed by atoms with Gasteiger partial charge < -0.3 is 10.0 Å². The molecule has 0 bridgehead atoms. The van der Waals surface area contributed by atoms with Gasteiger partial charge in [0.1, 0.15) is 11.6 Å². The summed E-state index contributed by atoms with van der Waals surface area (Å²) in [6.45, 7) is 2.34. The van der Waals surface area contributed by atoms with Crippen molar-refractivity contribution in [2.24, 2.45) is 5.92 Å². The number of nitrogens with zero attached hydrogens (tertiary/aromatic N) is 2. The lowest BCUT2D eigenvalue weighted by Gasteiger charge is -2.37. The van der Waals surface area contributed by atoms with Gasteiger partial charge in [-0.2, -0.15) is 5.26 Å². The first-order valence-electron chi connectivity index (χ1n) is 9.66. The molecule has 0 aromatic heterocycles. The highest BCUT2D eigenvalue weighted by molar-refractivity contribution is 5.85. The molecule has 6 nitrogen and oxygen atoms in total. The normalized spacial score (nSPS) is 23.8. The summed E-state index contributed by atoms with van der Waals surface area (Å²) in [5.74, 6) is 5.00. The first kappa shape index (κ1) is 21.1. The molecule has 1 aromatic carbocycles. The van der Waals surface area contributed by atoms with E-state index in [0.29, 0.717) is 22.4 Å². The van der Waals surface area contributed by atoms with Crippen molar-refractivity contribution in [2.75, 3.05) is 13.1 Å². The molecule has 7 heteroatoms. The Morgan fingerprint density at radius 2 is 1.93 bits per heavy atom. The van der Waals surface area contributed by atoms with E-state index >= 15 is 4.39 Å². The molecule has 2 N–H and O–H groups in total. The Morgan fingerprint density at radius 3 is 2.53 bits per heavy atom. The lowest BCUT2D eigenvalue weighted by atomic mass is 9.85. The van der Waals surface area contributed by atoms with E-state index in [-0.39, 0.29) is 38.3 Å². The lowest BCUT2D eigenvalue weighted by Crippen LogP contribution is -2.45. The molecule has 2 aliphatic rings. The molecular weight excluding hydrogens is 385 g/mol. The third-order valence-corrected chi connectivity index (χ3v) is 5.44. The third kappa shape index (κ3) is 4.69. The van der Waals surface area contributed by atoms with Crippen LogP contribution in [0.1, 0.15) is 37.3 Å². The number of nitrogens with one attached hydrogen (secondary N) is 1. The number of benzene rings is 1. The third-order valence-electron chi connectivity index (χ3n) is 5.44. The highest BCUT2D eigenvalue weighted by Gasteiger charge is 2.38. The van der Waals surface area contributed by atoms with Crippen molar-refractivity contribution in [1.29, 1.82) is 5.26 Å². The van der Waals surface area contributed by atoms with Crippen molar-refractivity contribution in [3.8, 4) is 17.9 Å². The number of carbonyl (C=O) groups excluding carboxylic acids is 1. The average Bonchev–Trinajstić information content (AvgIpc) is 2.73. The largest absolute Gasteiger partial charge is 0.465 e. The Morgan fingerprint density at radius 1 is 1.27 bits per heavy atom. The Balaban J connectivity index is 1.68. The fourth-order valence-corrected chi connectivity index (χ4v) is 3.63. The van der Waals surface area contributed by atoms with Crippen LogP contribution in [-0.2, 0) is 10.5 Å². The Kier molecular flexibility index (Phi) is 6.23. The standard InChI is InChI=1S/C23H22FN3O3/c1-16-5-10-19(26-22(29)30)3-2-4-20(16)21(28)27-13-11-23(24,12-14-27)18-8-6-17(15-25)7-9-18/h5-10,20,26H,3,11-14H2,1H3,(H,29,30)/b16-5-,19-10+. The maximum absolute atomic E-state index is 15.4. The molecule has 154 valence electrons. The van der Waals surface area contributed by atoms with Crippen LogP contribution < -0.4 is 5.32 Å². The molecule has 3 rings (SSSR count). The fraction of sp³-hybridized carbons (Fsp3) is 0.348. The molecule has 0 radical (unpaired) electrons. The van der Waals surface area contributed by atoms with Crippen LogP contribution in [0.5, 0.6) is 0 Å². The molecule has 0 spiro atoms. The summed E-state index contributed by atoms with van der Waals surface area (Å²) in [6.07, 6.45) is 2.71. The van der Waals surface area contributed by atoms with Gasteiger partial charge in [-0.05, 0) is 36.3 Å². The maximum Gasteiger partial charge on any atom is 0.408 e. The predicted octanol–water partition coefficient (Wildman–Crippen LogP) is 3.47. The van der Waals surface area contributed by atoms with Gasteiger partial charge in [0.2, 0.25) is 5.91 Å². The van der Waals surface area contributed by atoms with E-state index in [1.165, 1.54) is 0 Å². The number of carboxylic acid groups (broad SMARTS) is 1.